The molecule has 1 heterocycles. The van der Waals surface area contributed by atoms with Gasteiger partial charge in [0.2, 0.25) is 0 Å². The topological polar surface area (TPSA) is 45.4 Å². The van der Waals surface area contributed by atoms with E-state index in [2.05, 4.69) is 23.5 Å². The van der Waals surface area contributed by atoms with Crippen LogP contribution in [0, 0.1) is 0 Å². The van der Waals surface area contributed by atoms with Crippen LogP contribution >= 0.6 is 0 Å². The van der Waals surface area contributed by atoms with Crippen molar-refractivity contribution in [3.05, 3.63) is 60.2 Å². The minimum atomic E-state index is 0.154. The van der Waals surface area contributed by atoms with Crippen molar-refractivity contribution in [3.63, 3.8) is 0 Å². The Hall–Kier alpha value is -2.10. The van der Waals surface area contributed by atoms with Crippen LogP contribution in [0.3, 0.4) is 0 Å². The lowest BCUT2D eigenvalue weighted by Crippen LogP contribution is -2.17. The maximum absolute atomic E-state index is 8.76. The van der Waals surface area contributed by atoms with E-state index in [0.717, 1.165) is 34.4 Å². The number of hydrogen-bond donors (Lipinski definition) is 2. The molecule has 102 valence electrons. The Labute approximate surface area is 117 Å². The Morgan fingerprint density at radius 1 is 1.00 bits per heavy atom. The highest BCUT2D eigenvalue weighted by Gasteiger charge is 2.06. The second kappa shape index (κ2) is 5.90. The van der Waals surface area contributed by atoms with Crippen LogP contribution in [0.1, 0.15) is 5.56 Å². The molecule has 2 aromatic carbocycles. The Morgan fingerprint density at radius 2 is 1.85 bits per heavy atom. The fourth-order valence-corrected chi connectivity index (χ4v) is 2.24. The molecule has 0 unspecified atom stereocenters. The number of nitrogens with one attached hydrogen (secondary N) is 1. The lowest BCUT2D eigenvalue weighted by molar-refractivity contribution is 0.292. The third kappa shape index (κ3) is 2.74. The van der Waals surface area contributed by atoms with Gasteiger partial charge in [0.05, 0.1) is 6.61 Å². The summed E-state index contributed by atoms with van der Waals surface area (Å²) in [4.78, 5) is 0. The molecular formula is C17H17NO2. The predicted octanol–water partition coefficient (Wildman–Crippen LogP) is 3.18. The smallest absolute Gasteiger partial charge is 0.135 e. The predicted molar refractivity (Wildman–Crippen MR) is 80.4 cm³/mol. The van der Waals surface area contributed by atoms with Crippen LogP contribution in [0.25, 0.3) is 22.3 Å². The van der Waals surface area contributed by atoms with Crippen molar-refractivity contribution in [3.8, 4) is 11.3 Å². The highest BCUT2D eigenvalue weighted by Crippen LogP contribution is 2.28. The summed E-state index contributed by atoms with van der Waals surface area (Å²) in [7, 11) is 0. The first-order chi connectivity index (χ1) is 9.86. The van der Waals surface area contributed by atoms with Gasteiger partial charge >= 0.3 is 0 Å². The van der Waals surface area contributed by atoms with Crippen LogP contribution in [-0.4, -0.2) is 18.3 Å². The van der Waals surface area contributed by atoms with E-state index < -0.39 is 0 Å². The molecule has 0 radical (unpaired) electrons. The molecule has 1 aromatic heterocycles. The van der Waals surface area contributed by atoms with Crippen LogP contribution in [0.2, 0.25) is 0 Å². The molecule has 3 nitrogen and oxygen atoms in total. The lowest BCUT2D eigenvalue weighted by Gasteiger charge is -2.02. The quantitative estimate of drug-likeness (QED) is 0.698. The Morgan fingerprint density at radius 3 is 2.65 bits per heavy atom. The lowest BCUT2D eigenvalue weighted by atomic mass is 10.1. The molecule has 20 heavy (non-hydrogen) atoms. The summed E-state index contributed by atoms with van der Waals surface area (Å²) in [6.45, 7) is 1.49. The van der Waals surface area contributed by atoms with Crippen molar-refractivity contribution in [1.82, 2.24) is 5.32 Å². The highest BCUT2D eigenvalue weighted by atomic mass is 16.3. The van der Waals surface area contributed by atoms with Crippen LogP contribution in [0.4, 0.5) is 0 Å². The van der Waals surface area contributed by atoms with E-state index in [9.17, 15) is 0 Å². The molecule has 0 saturated heterocycles. The summed E-state index contributed by atoms with van der Waals surface area (Å²) >= 11 is 0. The standard InChI is InChI=1S/C17H17NO2/c19-9-8-18-12-13-6-7-15-11-17(20-16(15)10-13)14-4-2-1-3-5-14/h1-7,10-11,18-19H,8-9,12H2. The van der Waals surface area contributed by atoms with Gasteiger partial charge in [-0.1, -0.05) is 42.5 Å². The number of fused-ring (bicyclic) bond motifs is 1. The second-order valence-corrected chi connectivity index (χ2v) is 4.75. The van der Waals surface area contributed by atoms with Crippen molar-refractivity contribution in [2.45, 2.75) is 6.54 Å². The Bertz CT molecular complexity index is 689. The van der Waals surface area contributed by atoms with Gasteiger partial charge < -0.3 is 14.8 Å². The highest BCUT2D eigenvalue weighted by molar-refractivity contribution is 5.83. The van der Waals surface area contributed by atoms with E-state index in [0.29, 0.717) is 6.54 Å². The normalized spacial score (nSPS) is 11.1. The van der Waals surface area contributed by atoms with Crippen molar-refractivity contribution in [2.24, 2.45) is 0 Å². The zero-order chi connectivity index (χ0) is 13.8. The number of furan rings is 1. The second-order valence-electron chi connectivity index (χ2n) is 4.75. The average Bonchev–Trinajstić information content (AvgIpc) is 2.92. The van der Waals surface area contributed by atoms with Crippen molar-refractivity contribution < 1.29 is 9.52 Å². The van der Waals surface area contributed by atoms with Crippen LogP contribution < -0.4 is 5.32 Å². The fourth-order valence-electron chi connectivity index (χ4n) is 2.24. The van der Waals surface area contributed by atoms with Crippen LogP contribution in [0.15, 0.2) is 59.0 Å². The number of aliphatic hydroxyl groups is 1. The van der Waals surface area contributed by atoms with E-state index in [-0.39, 0.29) is 6.61 Å². The summed E-state index contributed by atoms with van der Waals surface area (Å²) in [6.07, 6.45) is 0. The molecule has 0 spiro atoms. The maximum Gasteiger partial charge on any atom is 0.135 e. The van der Waals surface area contributed by atoms with Crippen LogP contribution in [-0.2, 0) is 6.54 Å². The van der Waals surface area contributed by atoms with Gasteiger partial charge in [-0.2, -0.15) is 0 Å². The molecule has 3 aromatic rings. The third-order valence-electron chi connectivity index (χ3n) is 3.26. The number of hydrogen-bond acceptors (Lipinski definition) is 3. The van der Waals surface area contributed by atoms with Gasteiger partial charge in [0.15, 0.2) is 0 Å². The van der Waals surface area contributed by atoms with Crippen molar-refractivity contribution >= 4 is 11.0 Å². The zero-order valence-corrected chi connectivity index (χ0v) is 11.2. The van der Waals surface area contributed by atoms with Gasteiger partial charge in [0.1, 0.15) is 11.3 Å². The number of rotatable bonds is 5. The minimum Gasteiger partial charge on any atom is -0.456 e. The number of benzene rings is 2. The molecule has 0 aliphatic heterocycles. The molecule has 2 N–H and O–H groups in total. The largest absolute Gasteiger partial charge is 0.456 e. The summed E-state index contributed by atoms with van der Waals surface area (Å²) in [6, 6.07) is 18.4. The molecule has 0 atom stereocenters. The molecule has 0 fully saturated rings. The summed E-state index contributed by atoms with van der Waals surface area (Å²) in [5.41, 5.74) is 3.13. The van der Waals surface area contributed by atoms with E-state index in [1.807, 2.05) is 36.4 Å². The zero-order valence-electron chi connectivity index (χ0n) is 11.2. The molecule has 3 heteroatoms. The molecule has 0 aliphatic rings. The van der Waals surface area contributed by atoms with Crippen molar-refractivity contribution in [1.29, 1.82) is 0 Å². The third-order valence-corrected chi connectivity index (χ3v) is 3.26. The average molecular weight is 267 g/mol. The van der Waals surface area contributed by atoms with Crippen molar-refractivity contribution in [2.75, 3.05) is 13.2 Å². The molecule has 0 amide bonds. The van der Waals surface area contributed by atoms with Gasteiger partial charge in [-0.15, -0.1) is 0 Å². The monoisotopic (exact) mass is 267 g/mol. The van der Waals surface area contributed by atoms with Gasteiger partial charge in [-0.25, -0.2) is 0 Å². The van der Waals surface area contributed by atoms with Gasteiger partial charge in [-0.05, 0) is 17.7 Å². The summed E-state index contributed by atoms with van der Waals surface area (Å²) in [5.74, 6) is 0.890. The van der Waals surface area contributed by atoms with Gasteiger partial charge in [-0.3, -0.25) is 0 Å². The van der Waals surface area contributed by atoms with Gasteiger partial charge in [0, 0.05) is 24.0 Å². The van der Waals surface area contributed by atoms with E-state index >= 15 is 0 Å². The van der Waals surface area contributed by atoms with E-state index in [1.165, 1.54) is 0 Å². The van der Waals surface area contributed by atoms with E-state index in [4.69, 9.17) is 9.52 Å². The summed E-state index contributed by atoms with van der Waals surface area (Å²) < 4.78 is 5.92. The minimum absolute atomic E-state index is 0.154. The maximum atomic E-state index is 8.76. The molecular weight excluding hydrogens is 250 g/mol. The first kappa shape index (κ1) is 12.9. The Kier molecular flexibility index (Phi) is 3.81. The van der Waals surface area contributed by atoms with E-state index in [1.54, 1.807) is 0 Å². The molecule has 3 rings (SSSR count). The molecule has 0 bridgehead atoms. The SMILES string of the molecule is OCCNCc1ccc2cc(-c3ccccc3)oc2c1. The first-order valence-electron chi connectivity index (χ1n) is 6.76. The van der Waals surface area contributed by atoms with Crippen LogP contribution in [0.5, 0.6) is 0 Å². The molecule has 0 aliphatic carbocycles. The molecule has 0 saturated carbocycles. The van der Waals surface area contributed by atoms with Gasteiger partial charge in [0.25, 0.3) is 0 Å². The Balaban J connectivity index is 1.88. The fraction of sp³-hybridized carbons (Fsp3) is 0.176. The first-order valence-corrected chi connectivity index (χ1v) is 6.76. The number of aliphatic hydroxyl groups excluding tert-OH is 1. The summed E-state index contributed by atoms with van der Waals surface area (Å²) in [5, 5.41) is 13.0.